The number of pyridine rings is 1. The van der Waals surface area contributed by atoms with E-state index in [4.69, 9.17) is 4.74 Å². The van der Waals surface area contributed by atoms with Gasteiger partial charge in [-0.3, -0.25) is 9.78 Å². The lowest BCUT2D eigenvalue weighted by molar-refractivity contribution is -0.125. The van der Waals surface area contributed by atoms with Crippen LogP contribution >= 0.6 is 0 Å². The summed E-state index contributed by atoms with van der Waals surface area (Å²) in [5, 5.41) is 2.92. The largest absolute Gasteiger partial charge is 0.375 e. The molecule has 0 aliphatic carbocycles. The van der Waals surface area contributed by atoms with Crippen molar-refractivity contribution in [2.24, 2.45) is 0 Å². The highest BCUT2D eigenvalue weighted by atomic mass is 16.5. The summed E-state index contributed by atoms with van der Waals surface area (Å²) in [7, 11) is 1.50. The Morgan fingerprint density at radius 2 is 1.95 bits per heavy atom. The summed E-state index contributed by atoms with van der Waals surface area (Å²) < 4.78 is 4.84. The molecule has 0 saturated heterocycles. The van der Waals surface area contributed by atoms with Crippen molar-refractivity contribution in [2.45, 2.75) is 6.04 Å². The van der Waals surface area contributed by atoms with E-state index in [1.165, 1.54) is 7.11 Å². The molecule has 19 heavy (non-hydrogen) atoms. The maximum absolute atomic E-state index is 11.7. The molecule has 4 heteroatoms. The number of benzene rings is 1. The van der Waals surface area contributed by atoms with Gasteiger partial charge in [-0.1, -0.05) is 36.4 Å². The molecule has 0 unspecified atom stereocenters. The Morgan fingerprint density at radius 3 is 2.58 bits per heavy atom. The van der Waals surface area contributed by atoms with Crippen molar-refractivity contribution in [3.05, 3.63) is 66.0 Å². The van der Waals surface area contributed by atoms with E-state index >= 15 is 0 Å². The lowest BCUT2D eigenvalue weighted by Crippen LogP contribution is -2.32. The van der Waals surface area contributed by atoms with Gasteiger partial charge in [-0.2, -0.15) is 0 Å². The van der Waals surface area contributed by atoms with Crippen molar-refractivity contribution < 1.29 is 9.53 Å². The molecule has 1 aromatic carbocycles. The summed E-state index contributed by atoms with van der Waals surface area (Å²) in [6.45, 7) is 0.0379. The first kappa shape index (κ1) is 13.2. The van der Waals surface area contributed by atoms with Crippen LogP contribution in [0, 0.1) is 0 Å². The number of hydrogen-bond acceptors (Lipinski definition) is 3. The number of rotatable bonds is 5. The number of methoxy groups -OCH3 is 1. The van der Waals surface area contributed by atoms with Crippen LogP contribution in [0.5, 0.6) is 0 Å². The Hall–Kier alpha value is -2.20. The monoisotopic (exact) mass is 256 g/mol. The zero-order chi connectivity index (χ0) is 13.5. The number of hydrogen-bond donors (Lipinski definition) is 1. The molecule has 98 valence electrons. The molecule has 1 heterocycles. The van der Waals surface area contributed by atoms with Crippen LogP contribution in [0.2, 0.25) is 0 Å². The van der Waals surface area contributed by atoms with Crippen molar-refractivity contribution >= 4 is 5.91 Å². The first-order chi connectivity index (χ1) is 9.31. The third-order valence-electron chi connectivity index (χ3n) is 2.70. The van der Waals surface area contributed by atoms with Crippen LogP contribution in [0.15, 0.2) is 54.7 Å². The van der Waals surface area contributed by atoms with Gasteiger partial charge in [0.05, 0.1) is 11.7 Å². The summed E-state index contributed by atoms with van der Waals surface area (Å²) in [4.78, 5) is 16.0. The number of amides is 1. The third-order valence-corrected chi connectivity index (χ3v) is 2.70. The average molecular weight is 256 g/mol. The van der Waals surface area contributed by atoms with Crippen LogP contribution in [-0.4, -0.2) is 24.6 Å². The molecule has 1 amide bonds. The fourth-order valence-electron chi connectivity index (χ4n) is 1.85. The Morgan fingerprint density at radius 1 is 1.21 bits per heavy atom. The van der Waals surface area contributed by atoms with E-state index in [2.05, 4.69) is 10.3 Å². The highest BCUT2D eigenvalue weighted by molar-refractivity contribution is 5.78. The number of aromatic nitrogens is 1. The number of carbonyl (C=O) groups is 1. The second-order valence-electron chi connectivity index (χ2n) is 4.10. The topological polar surface area (TPSA) is 51.2 Å². The van der Waals surface area contributed by atoms with Crippen molar-refractivity contribution in [3.8, 4) is 0 Å². The molecule has 2 rings (SSSR count). The first-order valence-corrected chi connectivity index (χ1v) is 6.05. The first-order valence-electron chi connectivity index (χ1n) is 6.05. The van der Waals surface area contributed by atoms with Crippen LogP contribution in [0.1, 0.15) is 17.3 Å². The van der Waals surface area contributed by atoms with Gasteiger partial charge >= 0.3 is 0 Å². The highest BCUT2D eigenvalue weighted by Crippen LogP contribution is 2.19. The van der Waals surface area contributed by atoms with Crippen LogP contribution < -0.4 is 5.32 Å². The zero-order valence-electron chi connectivity index (χ0n) is 10.7. The Labute approximate surface area is 112 Å². The summed E-state index contributed by atoms with van der Waals surface area (Å²) in [5.41, 5.74) is 1.80. The molecule has 1 atom stereocenters. The van der Waals surface area contributed by atoms with E-state index < -0.39 is 0 Å². The second-order valence-corrected chi connectivity index (χ2v) is 4.10. The van der Waals surface area contributed by atoms with Gasteiger partial charge < -0.3 is 10.1 Å². The number of nitrogens with zero attached hydrogens (tertiary/aromatic N) is 1. The Balaban J connectivity index is 2.26. The SMILES string of the molecule is COCC(=O)N[C@H](c1ccccc1)c1ccccn1. The van der Waals surface area contributed by atoms with E-state index in [1.807, 2.05) is 48.5 Å². The average Bonchev–Trinajstić information content (AvgIpc) is 2.47. The van der Waals surface area contributed by atoms with Gasteiger partial charge in [-0.15, -0.1) is 0 Å². The second kappa shape index (κ2) is 6.66. The van der Waals surface area contributed by atoms with Crippen LogP contribution in [0.25, 0.3) is 0 Å². The fraction of sp³-hybridized carbons (Fsp3) is 0.200. The molecular formula is C15H16N2O2. The van der Waals surface area contributed by atoms with Crippen molar-refractivity contribution in [2.75, 3.05) is 13.7 Å². The minimum atomic E-state index is -0.259. The Bertz CT molecular complexity index is 475. The van der Waals surface area contributed by atoms with Gasteiger partial charge in [-0.05, 0) is 17.7 Å². The minimum absolute atomic E-state index is 0.0379. The van der Waals surface area contributed by atoms with E-state index in [0.717, 1.165) is 11.3 Å². The van der Waals surface area contributed by atoms with E-state index in [-0.39, 0.29) is 18.6 Å². The van der Waals surface area contributed by atoms with Crippen molar-refractivity contribution in [1.82, 2.24) is 10.3 Å². The lowest BCUT2D eigenvalue weighted by atomic mass is 10.0. The van der Waals surface area contributed by atoms with Crippen LogP contribution in [0.3, 0.4) is 0 Å². The summed E-state index contributed by atoms with van der Waals surface area (Å²) in [5.74, 6) is -0.165. The van der Waals surface area contributed by atoms with Gasteiger partial charge in [0.2, 0.25) is 5.91 Å². The van der Waals surface area contributed by atoms with Gasteiger partial charge in [0, 0.05) is 13.3 Å². The third kappa shape index (κ3) is 3.63. The van der Waals surface area contributed by atoms with E-state index in [1.54, 1.807) is 6.20 Å². The van der Waals surface area contributed by atoms with Crippen LogP contribution in [-0.2, 0) is 9.53 Å². The molecule has 2 aromatic rings. The zero-order valence-corrected chi connectivity index (χ0v) is 10.7. The van der Waals surface area contributed by atoms with Gasteiger partial charge in [0.15, 0.2) is 0 Å². The molecule has 1 aromatic heterocycles. The van der Waals surface area contributed by atoms with Crippen LogP contribution in [0.4, 0.5) is 0 Å². The minimum Gasteiger partial charge on any atom is -0.375 e. The van der Waals surface area contributed by atoms with E-state index in [9.17, 15) is 4.79 Å². The molecular weight excluding hydrogens is 240 g/mol. The van der Waals surface area contributed by atoms with Gasteiger partial charge in [-0.25, -0.2) is 0 Å². The van der Waals surface area contributed by atoms with Gasteiger partial charge in [0.1, 0.15) is 6.61 Å². The fourth-order valence-corrected chi connectivity index (χ4v) is 1.85. The summed E-state index contributed by atoms with van der Waals surface area (Å²) in [6.07, 6.45) is 1.72. The van der Waals surface area contributed by atoms with Crippen molar-refractivity contribution in [3.63, 3.8) is 0 Å². The smallest absolute Gasteiger partial charge is 0.246 e. The Kier molecular flexibility index (Phi) is 4.64. The summed E-state index contributed by atoms with van der Waals surface area (Å²) >= 11 is 0. The number of ether oxygens (including phenoxy) is 1. The predicted molar refractivity (Wildman–Crippen MR) is 72.5 cm³/mol. The predicted octanol–water partition coefficient (Wildman–Crippen LogP) is 1.93. The maximum Gasteiger partial charge on any atom is 0.246 e. The molecule has 0 fully saturated rings. The molecule has 0 spiro atoms. The van der Waals surface area contributed by atoms with Crippen molar-refractivity contribution in [1.29, 1.82) is 0 Å². The molecule has 4 nitrogen and oxygen atoms in total. The molecule has 0 bridgehead atoms. The number of carbonyl (C=O) groups excluding carboxylic acids is 1. The molecule has 0 aliphatic heterocycles. The number of nitrogens with one attached hydrogen (secondary N) is 1. The normalized spacial score (nSPS) is 11.8. The standard InChI is InChI=1S/C15H16N2O2/c1-19-11-14(18)17-15(12-7-3-2-4-8-12)13-9-5-6-10-16-13/h2-10,15H,11H2,1H3,(H,17,18)/t15-/m1/s1. The summed E-state index contributed by atoms with van der Waals surface area (Å²) in [6, 6.07) is 15.1. The molecule has 1 N–H and O–H groups in total. The molecule has 0 aliphatic rings. The maximum atomic E-state index is 11.7. The highest BCUT2D eigenvalue weighted by Gasteiger charge is 2.17. The molecule has 0 radical (unpaired) electrons. The molecule has 0 saturated carbocycles. The lowest BCUT2D eigenvalue weighted by Gasteiger charge is -2.18. The van der Waals surface area contributed by atoms with E-state index in [0.29, 0.717) is 0 Å². The van der Waals surface area contributed by atoms with Gasteiger partial charge in [0.25, 0.3) is 0 Å². The quantitative estimate of drug-likeness (QED) is 0.889.